The van der Waals surface area contributed by atoms with Crippen LogP contribution in [-0.4, -0.2) is 37.9 Å². The maximum Gasteiger partial charge on any atom is 0.269 e. The van der Waals surface area contributed by atoms with Crippen LogP contribution in [0, 0.1) is 0 Å². The SMILES string of the molecule is COc1ccc(S(=O)(=O)[C@H](CNC(=O)c2ccccn2)c2cccnc2)cc1. The van der Waals surface area contributed by atoms with Gasteiger partial charge in [0.05, 0.1) is 12.0 Å². The molecule has 0 saturated carbocycles. The Hall–Kier alpha value is -3.26. The van der Waals surface area contributed by atoms with Crippen molar-refractivity contribution < 1.29 is 17.9 Å². The summed E-state index contributed by atoms with van der Waals surface area (Å²) in [6, 6.07) is 14.4. The van der Waals surface area contributed by atoms with Crippen LogP contribution in [0.15, 0.2) is 78.1 Å². The quantitative estimate of drug-likeness (QED) is 0.657. The van der Waals surface area contributed by atoms with Crippen molar-refractivity contribution in [1.29, 1.82) is 0 Å². The smallest absolute Gasteiger partial charge is 0.269 e. The van der Waals surface area contributed by atoms with Gasteiger partial charge in [0.15, 0.2) is 9.84 Å². The number of sulfone groups is 1. The Kier molecular flexibility index (Phi) is 6.00. The molecule has 3 aromatic rings. The van der Waals surface area contributed by atoms with Crippen molar-refractivity contribution in [2.45, 2.75) is 10.1 Å². The van der Waals surface area contributed by atoms with Crippen LogP contribution in [0.4, 0.5) is 0 Å². The summed E-state index contributed by atoms with van der Waals surface area (Å²) < 4.78 is 31.6. The normalized spacial score (nSPS) is 12.2. The lowest BCUT2D eigenvalue weighted by Crippen LogP contribution is -2.32. The van der Waals surface area contributed by atoms with Crippen LogP contribution in [0.5, 0.6) is 5.75 Å². The number of pyridine rings is 2. The van der Waals surface area contributed by atoms with Gasteiger partial charge in [-0.1, -0.05) is 12.1 Å². The third-order valence-corrected chi connectivity index (χ3v) is 6.28. The number of hydrogen-bond acceptors (Lipinski definition) is 6. The molecule has 2 heterocycles. The highest BCUT2D eigenvalue weighted by molar-refractivity contribution is 7.91. The summed E-state index contributed by atoms with van der Waals surface area (Å²) in [7, 11) is -2.28. The summed E-state index contributed by atoms with van der Waals surface area (Å²) in [5.74, 6) is 0.111. The first-order chi connectivity index (χ1) is 13.5. The van der Waals surface area contributed by atoms with E-state index < -0.39 is 21.0 Å². The van der Waals surface area contributed by atoms with Crippen LogP contribution in [-0.2, 0) is 9.84 Å². The average molecular weight is 397 g/mol. The third-order valence-electron chi connectivity index (χ3n) is 4.16. The number of methoxy groups -OCH3 is 1. The molecular formula is C20H19N3O4S. The standard InChI is InChI=1S/C20H19N3O4S/c1-27-16-7-9-17(10-8-16)28(25,26)19(15-5-4-11-21-13-15)14-23-20(24)18-6-2-3-12-22-18/h2-13,19H,14H2,1H3,(H,23,24)/t19-/m1/s1. The molecule has 8 heteroatoms. The Bertz CT molecular complexity index is 1020. The lowest BCUT2D eigenvalue weighted by molar-refractivity contribution is 0.0948. The zero-order valence-electron chi connectivity index (χ0n) is 15.1. The zero-order valence-corrected chi connectivity index (χ0v) is 16.0. The van der Waals surface area contributed by atoms with Crippen LogP contribution >= 0.6 is 0 Å². The summed E-state index contributed by atoms with van der Waals surface area (Å²) in [5.41, 5.74) is 0.703. The van der Waals surface area contributed by atoms with Crippen molar-refractivity contribution >= 4 is 15.7 Å². The summed E-state index contributed by atoms with van der Waals surface area (Å²) in [6.07, 6.45) is 4.55. The van der Waals surface area contributed by atoms with E-state index in [9.17, 15) is 13.2 Å². The number of nitrogens with one attached hydrogen (secondary N) is 1. The highest BCUT2D eigenvalue weighted by Crippen LogP contribution is 2.29. The Morgan fingerprint density at radius 3 is 2.46 bits per heavy atom. The summed E-state index contributed by atoms with van der Waals surface area (Å²) in [5, 5.41) is 1.66. The first kappa shape index (κ1) is 19.5. The van der Waals surface area contributed by atoms with Crippen molar-refractivity contribution in [3.8, 4) is 5.75 Å². The Balaban J connectivity index is 1.89. The number of hydrogen-bond donors (Lipinski definition) is 1. The van der Waals surface area contributed by atoms with Gasteiger partial charge < -0.3 is 10.1 Å². The topological polar surface area (TPSA) is 98.2 Å². The van der Waals surface area contributed by atoms with Crippen molar-refractivity contribution in [3.63, 3.8) is 0 Å². The van der Waals surface area contributed by atoms with Crippen LogP contribution in [0.25, 0.3) is 0 Å². The molecular weight excluding hydrogens is 378 g/mol. The fourth-order valence-electron chi connectivity index (χ4n) is 2.68. The Morgan fingerprint density at radius 2 is 1.86 bits per heavy atom. The van der Waals surface area contributed by atoms with E-state index in [4.69, 9.17) is 4.74 Å². The molecule has 1 N–H and O–H groups in total. The number of rotatable bonds is 7. The molecule has 1 amide bonds. The van der Waals surface area contributed by atoms with E-state index in [1.165, 1.54) is 31.6 Å². The molecule has 0 saturated heterocycles. The zero-order chi connectivity index (χ0) is 20.0. The van der Waals surface area contributed by atoms with Crippen LogP contribution in [0.3, 0.4) is 0 Å². The number of amides is 1. The van der Waals surface area contributed by atoms with Gasteiger partial charge in [-0.2, -0.15) is 0 Å². The molecule has 0 spiro atoms. The lowest BCUT2D eigenvalue weighted by Gasteiger charge is -2.19. The van der Waals surface area contributed by atoms with Gasteiger partial charge in [0.2, 0.25) is 0 Å². The number of benzene rings is 1. The monoisotopic (exact) mass is 397 g/mol. The van der Waals surface area contributed by atoms with E-state index in [0.717, 1.165) is 0 Å². The average Bonchev–Trinajstić information content (AvgIpc) is 2.75. The van der Waals surface area contributed by atoms with E-state index in [1.54, 1.807) is 48.7 Å². The Morgan fingerprint density at radius 1 is 1.07 bits per heavy atom. The molecule has 0 aliphatic carbocycles. The van der Waals surface area contributed by atoms with Gasteiger partial charge in [0, 0.05) is 25.1 Å². The maximum absolute atomic E-state index is 13.2. The third kappa shape index (κ3) is 4.34. The molecule has 144 valence electrons. The first-order valence-electron chi connectivity index (χ1n) is 8.49. The Labute approximate surface area is 163 Å². The van der Waals surface area contributed by atoms with Gasteiger partial charge in [0.1, 0.15) is 16.7 Å². The number of carbonyl (C=O) groups excluding carboxylic acids is 1. The molecule has 28 heavy (non-hydrogen) atoms. The van der Waals surface area contributed by atoms with Crippen LogP contribution < -0.4 is 10.1 Å². The largest absolute Gasteiger partial charge is 0.497 e. The van der Waals surface area contributed by atoms with Gasteiger partial charge in [0.25, 0.3) is 5.91 Å². The second kappa shape index (κ2) is 8.62. The van der Waals surface area contributed by atoms with E-state index in [0.29, 0.717) is 11.3 Å². The van der Waals surface area contributed by atoms with Crippen molar-refractivity contribution in [1.82, 2.24) is 15.3 Å². The molecule has 1 aromatic carbocycles. The molecule has 0 fully saturated rings. The fourth-order valence-corrected chi connectivity index (χ4v) is 4.32. The maximum atomic E-state index is 13.2. The summed E-state index contributed by atoms with van der Waals surface area (Å²) in [6.45, 7) is -0.116. The fraction of sp³-hybridized carbons (Fsp3) is 0.150. The van der Waals surface area contributed by atoms with Gasteiger partial charge in [-0.3, -0.25) is 14.8 Å². The van der Waals surface area contributed by atoms with Crippen molar-refractivity contribution in [2.75, 3.05) is 13.7 Å². The molecule has 0 aliphatic rings. The predicted octanol–water partition coefficient (Wildman–Crippen LogP) is 2.43. The van der Waals surface area contributed by atoms with E-state index in [1.807, 2.05) is 0 Å². The van der Waals surface area contributed by atoms with Gasteiger partial charge in [-0.05, 0) is 48.0 Å². The molecule has 7 nitrogen and oxygen atoms in total. The minimum atomic E-state index is -3.79. The predicted molar refractivity (Wildman–Crippen MR) is 104 cm³/mol. The van der Waals surface area contributed by atoms with E-state index in [-0.39, 0.29) is 17.1 Å². The summed E-state index contributed by atoms with van der Waals surface area (Å²) in [4.78, 5) is 20.5. The highest BCUT2D eigenvalue weighted by atomic mass is 32.2. The van der Waals surface area contributed by atoms with Crippen LogP contribution in [0.1, 0.15) is 21.3 Å². The second-order valence-corrected chi connectivity index (χ2v) is 8.05. The number of ether oxygens (including phenoxy) is 1. The van der Waals surface area contributed by atoms with Gasteiger partial charge >= 0.3 is 0 Å². The molecule has 0 aliphatic heterocycles. The van der Waals surface area contributed by atoms with Crippen LogP contribution in [0.2, 0.25) is 0 Å². The van der Waals surface area contributed by atoms with Gasteiger partial charge in [-0.25, -0.2) is 8.42 Å². The second-order valence-electron chi connectivity index (χ2n) is 5.92. The minimum Gasteiger partial charge on any atom is -0.497 e. The highest BCUT2D eigenvalue weighted by Gasteiger charge is 2.30. The van der Waals surface area contributed by atoms with E-state index >= 15 is 0 Å². The lowest BCUT2D eigenvalue weighted by atomic mass is 10.2. The van der Waals surface area contributed by atoms with Crippen molar-refractivity contribution in [3.05, 3.63) is 84.4 Å². The molecule has 1 atom stereocenters. The summed E-state index contributed by atoms with van der Waals surface area (Å²) >= 11 is 0. The molecule has 0 radical (unpaired) electrons. The number of carbonyl (C=O) groups is 1. The number of nitrogens with zero attached hydrogens (tertiary/aromatic N) is 2. The molecule has 0 bridgehead atoms. The minimum absolute atomic E-state index is 0.116. The molecule has 0 unspecified atom stereocenters. The number of aromatic nitrogens is 2. The van der Waals surface area contributed by atoms with E-state index in [2.05, 4.69) is 15.3 Å². The molecule has 2 aromatic heterocycles. The first-order valence-corrected chi connectivity index (χ1v) is 10.0. The van der Waals surface area contributed by atoms with Crippen molar-refractivity contribution in [2.24, 2.45) is 0 Å². The van der Waals surface area contributed by atoms with Gasteiger partial charge in [-0.15, -0.1) is 0 Å². The molecule has 3 rings (SSSR count).